The van der Waals surface area contributed by atoms with E-state index in [2.05, 4.69) is 27.6 Å². The van der Waals surface area contributed by atoms with Crippen molar-refractivity contribution in [2.45, 2.75) is 31.5 Å². The van der Waals surface area contributed by atoms with Crippen molar-refractivity contribution in [2.24, 2.45) is 4.99 Å². The topological polar surface area (TPSA) is 39.7 Å². The van der Waals surface area contributed by atoms with Crippen molar-refractivity contribution in [3.63, 3.8) is 0 Å². The van der Waals surface area contributed by atoms with Crippen LogP contribution in [0, 0.1) is 0 Å². The molecular weight excluding hydrogens is 245 g/mol. The molecule has 1 heterocycles. The van der Waals surface area contributed by atoms with Gasteiger partial charge in [0.2, 0.25) is 0 Å². The van der Waals surface area contributed by atoms with Crippen LogP contribution >= 0.6 is 0 Å². The Morgan fingerprint density at radius 3 is 2.61 bits per heavy atom. The first-order chi connectivity index (χ1) is 8.42. The predicted octanol–water partition coefficient (Wildman–Crippen LogP) is 1.20. The molecule has 0 spiro atoms. The Balaban J connectivity index is 2.22. The maximum absolute atomic E-state index is 12.0. The number of likely N-dealkylation sites (N-methyl/N-ethyl adjacent to an activating group) is 1. The molecule has 1 aliphatic heterocycles. The first kappa shape index (κ1) is 15.1. The molecule has 1 saturated heterocycles. The van der Waals surface area contributed by atoms with E-state index in [9.17, 15) is 13.2 Å². The summed E-state index contributed by atoms with van der Waals surface area (Å²) in [5.41, 5.74) is 0. The zero-order valence-corrected chi connectivity index (χ0v) is 10.8. The molecule has 106 valence electrons. The fourth-order valence-corrected chi connectivity index (χ4v) is 1.99. The van der Waals surface area contributed by atoms with E-state index in [4.69, 9.17) is 0 Å². The van der Waals surface area contributed by atoms with Crippen LogP contribution in [0.3, 0.4) is 0 Å². The van der Waals surface area contributed by atoms with Crippen LogP contribution in [0.2, 0.25) is 0 Å². The van der Waals surface area contributed by atoms with Gasteiger partial charge in [-0.05, 0) is 26.4 Å². The molecular formula is C11H21F3N4. The Bertz CT molecular complexity index is 278. The molecule has 4 nitrogen and oxygen atoms in total. The number of likely N-dealkylation sites (tertiary alicyclic amines) is 1. The summed E-state index contributed by atoms with van der Waals surface area (Å²) in [4.78, 5) is 6.15. The van der Waals surface area contributed by atoms with Crippen LogP contribution in [-0.4, -0.2) is 56.8 Å². The summed E-state index contributed by atoms with van der Waals surface area (Å²) in [6, 6.07) is 0.436. The third-order valence-electron chi connectivity index (χ3n) is 3.10. The first-order valence-corrected chi connectivity index (χ1v) is 6.14. The van der Waals surface area contributed by atoms with Crippen molar-refractivity contribution in [3.05, 3.63) is 0 Å². The van der Waals surface area contributed by atoms with Gasteiger partial charge in [-0.25, -0.2) is 0 Å². The van der Waals surface area contributed by atoms with Crippen LogP contribution in [0.15, 0.2) is 4.99 Å². The number of hydrogen-bond acceptors (Lipinski definition) is 2. The van der Waals surface area contributed by atoms with Crippen molar-refractivity contribution in [2.75, 3.05) is 33.7 Å². The van der Waals surface area contributed by atoms with Crippen LogP contribution < -0.4 is 10.6 Å². The average molecular weight is 266 g/mol. The van der Waals surface area contributed by atoms with Crippen molar-refractivity contribution in [3.8, 4) is 0 Å². The van der Waals surface area contributed by atoms with Crippen molar-refractivity contribution in [1.82, 2.24) is 15.5 Å². The molecule has 0 saturated carbocycles. The first-order valence-electron chi connectivity index (χ1n) is 6.14. The minimum absolute atomic E-state index is 0.149. The van der Waals surface area contributed by atoms with Crippen molar-refractivity contribution < 1.29 is 13.2 Å². The lowest BCUT2D eigenvalue weighted by Gasteiger charge is -2.21. The molecule has 1 atom stereocenters. The van der Waals surface area contributed by atoms with E-state index in [0.717, 1.165) is 13.0 Å². The Kier molecular flexibility index (Phi) is 5.71. The van der Waals surface area contributed by atoms with Gasteiger partial charge in [-0.2, -0.15) is 13.2 Å². The normalized spacial score (nSPS) is 22.3. The number of halogens is 3. The maximum atomic E-state index is 12.0. The molecule has 18 heavy (non-hydrogen) atoms. The van der Waals surface area contributed by atoms with Gasteiger partial charge >= 0.3 is 6.18 Å². The molecule has 0 radical (unpaired) electrons. The van der Waals surface area contributed by atoms with E-state index in [1.807, 2.05) is 0 Å². The van der Waals surface area contributed by atoms with Crippen molar-refractivity contribution in [1.29, 1.82) is 0 Å². The highest BCUT2D eigenvalue weighted by Gasteiger charge is 2.26. The summed E-state index contributed by atoms with van der Waals surface area (Å²) in [6.07, 6.45) is -2.69. The van der Waals surface area contributed by atoms with Gasteiger partial charge in [0.25, 0.3) is 0 Å². The fraction of sp³-hybridized carbons (Fsp3) is 0.909. The van der Waals surface area contributed by atoms with E-state index in [-0.39, 0.29) is 6.54 Å². The highest BCUT2D eigenvalue weighted by atomic mass is 19.4. The van der Waals surface area contributed by atoms with Gasteiger partial charge in [-0.15, -0.1) is 0 Å². The summed E-state index contributed by atoms with van der Waals surface area (Å²) in [7, 11) is 3.61. The lowest BCUT2D eigenvalue weighted by molar-refractivity contribution is -0.132. The Hall–Kier alpha value is -0.980. The molecule has 2 N–H and O–H groups in total. The Morgan fingerprint density at radius 1 is 1.39 bits per heavy atom. The minimum atomic E-state index is -4.13. The quantitative estimate of drug-likeness (QED) is 0.593. The van der Waals surface area contributed by atoms with Crippen LogP contribution in [0.5, 0.6) is 0 Å². The van der Waals surface area contributed by atoms with Crippen LogP contribution in [0.25, 0.3) is 0 Å². The van der Waals surface area contributed by atoms with Crippen LogP contribution in [-0.2, 0) is 0 Å². The van der Waals surface area contributed by atoms with Gasteiger partial charge in [0, 0.05) is 26.2 Å². The Labute approximate surface area is 106 Å². The molecule has 0 bridgehead atoms. The van der Waals surface area contributed by atoms with Crippen molar-refractivity contribution >= 4 is 5.96 Å². The number of guanidine groups is 1. The number of nitrogens with zero attached hydrogens (tertiary/aromatic N) is 2. The highest BCUT2D eigenvalue weighted by molar-refractivity contribution is 5.79. The number of rotatable bonds is 4. The molecule has 1 aliphatic rings. The number of aliphatic imine (C=N–C) groups is 1. The molecule has 0 aromatic carbocycles. The summed E-state index contributed by atoms with van der Waals surface area (Å²) in [5, 5.41) is 5.72. The molecule has 7 heteroatoms. The van der Waals surface area contributed by atoms with E-state index >= 15 is 0 Å². The van der Waals surface area contributed by atoms with Gasteiger partial charge in [0.15, 0.2) is 5.96 Å². The van der Waals surface area contributed by atoms with Gasteiger partial charge < -0.3 is 15.5 Å². The lowest BCUT2D eigenvalue weighted by atomic mass is 10.2. The van der Waals surface area contributed by atoms with E-state index in [1.165, 1.54) is 6.42 Å². The van der Waals surface area contributed by atoms with Gasteiger partial charge in [0.05, 0.1) is 6.42 Å². The fourth-order valence-electron chi connectivity index (χ4n) is 1.99. The number of hydrogen-bond donors (Lipinski definition) is 2. The summed E-state index contributed by atoms with van der Waals surface area (Å²) >= 11 is 0. The maximum Gasteiger partial charge on any atom is 0.390 e. The zero-order valence-electron chi connectivity index (χ0n) is 10.8. The summed E-state index contributed by atoms with van der Waals surface area (Å²) in [6.45, 7) is 1.64. The second-order valence-corrected chi connectivity index (χ2v) is 4.52. The molecule has 0 amide bonds. The molecule has 1 fully saturated rings. The average Bonchev–Trinajstić information content (AvgIpc) is 2.67. The minimum Gasteiger partial charge on any atom is -0.356 e. The second kappa shape index (κ2) is 6.82. The summed E-state index contributed by atoms with van der Waals surface area (Å²) < 4.78 is 36.0. The van der Waals surface area contributed by atoms with Gasteiger partial charge in [0.1, 0.15) is 0 Å². The van der Waals surface area contributed by atoms with Gasteiger partial charge in [-0.1, -0.05) is 0 Å². The molecule has 0 aromatic heterocycles. The van der Waals surface area contributed by atoms with E-state index in [1.54, 1.807) is 7.05 Å². The predicted molar refractivity (Wildman–Crippen MR) is 65.7 cm³/mol. The largest absolute Gasteiger partial charge is 0.390 e. The SMILES string of the molecule is CN=C(NCCC(F)(F)F)NCC1CCCN1C. The lowest BCUT2D eigenvalue weighted by Crippen LogP contribution is -2.44. The van der Waals surface area contributed by atoms with E-state index < -0.39 is 12.6 Å². The monoisotopic (exact) mass is 266 g/mol. The third kappa shape index (κ3) is 5.57. The highest BCUT2D eigenvalue weighted by Crippen LogP contribution is 2.18. The summed E-state index contributed by atoms with van der Waals surface area (Å²) in [5.74, 6) is 0.430. The second-order valence-electron chi connectivity index (χ2n) is 4.52. The molecule has 0 aromatic rings. The molecule has 1 unspecified atom stereocenters. The van der Waals surface area contributed by atoms with Crippen LogP contribution in [0.1, 0.15) is 19.3 Å². The molecule has 0 aliphatic carbocycles. The smallest absolute Gasteiger partial charge is 0.356 e. The zero-order chi connectivity index (χ0) is 13.6. The number of alkyl halides is 3. The third-order valence-corrected chi connectivity index (χ3v) is 3.10. The van der Waals surface area contributed by atoms with E-state index in [0.29, 0.717) is 18.5 Å². The molecule has 1 rings (SSSR count). The standard InChI is InChI=1S/C11H21F3N4/c1-15-10(16-6-5-11(12,13)14)17-8-9-4-3-7-18(9)2/h9H,3-8H2,1-2H3,(H2,15,16,17). The Morgan fingerprint density at radius 2 is 2.11 bits per heavy atom. The van der Waals surface area contributed by atoms with Gasteiger partial charge in [-0.3, -0.25) is 4.99 Å². The van der Waals surface area contributed by atoms with Crippen LogP contribution in [0.4, 0.5) is 13.2 Å². The number of nitrogens with one attached hydrogen (secondary N) is 2.